The third-order valence-electron chi connectivity index (χ3n) is 2.84. The van der Waals surface area contributed by atoms with Crippen molar-refractivity contribution >= 4 is 18.0 Å². The number of hydrogen-bond donors (Lipinski definition) is 0. The van der Waals surface area contributed by atoms with E-state index in [2.05, 4.69) is 0 Å². The van der Waals surface area contributed by atoms with Crippen LogP contribution in [-0.2, 0) is 30.4 Å². The molecule has 1 rings (SSSR count). The Balaban J connectivity index is 2.65. The van der Waals surface area contributed by atoms with E-state index >= 15 is 0 Å². The number of carbonyl (C=O) groups excluding carboxylic acids is 3. The molecule has 0 heterocycles. The molecule has 0 aliphatic rings. The summed E-state index contributed by atoms with van der Waals surface area (Å²) in [7, 11) is 0. The van der Waals surface area contributed by atoms with Crippen molar-refractivity contribution in [2.75, 3.05) is 19.7 Å². The van der Waals surface area contributed by atoms with Gasteiger partial charge in [0.25, 0.3) is 0 Å². The van der Waals surface area contributed by atoms with Gasteiger partial charge in [0.15, 0.2) is 0 Å². The van der Waals surface area contributed by atoms with Crippen molar-refractivity contribution in [1.82, 2.24) is 4.90 Å². The first kappa shape index (κ1) is 20.5. The van der Waals surface area contributed by atoms with Crippen molar-refractivity contribution in [2.24, 2.45) is 0 Å². The molecule has 0 saturated heterocycles. The Morgan fingerprint density at radius 2 is 1.52 bits per heavy atom. The quantitative estimate of drug-likeness (QED) is 0.554. The van der Waals surface area contributed by atoms with Gasteiger partial charge >= 0.3 is 18.0 Å². The summed E-state index contributed by atoms with van der Waals surface area (Å²) in [5.41, 5.74) is 0.0721. The van der Waals surface area contributed by atoms with Gasteiger partial charge in [0.1, 0.15) is 25.3 Å². The topological polar surface area (TPSA) is 82.1 Å². The van der Waals surface area contributed by atoms with E-state index in [0.717, 1.165) is 10.5 Å². The molecule has 0 bridgehead atoms. The van der Waals surface area contributed by atoms with Crippen LogP contribution in [0.1, 0.15) is 33.3 Å². The Morgan fingerprint density at radius 3 is 2.04 bits per heavy atom. The minimum absolute atomic E-state index is 0.0846. The molecule has 0 aliphatic heterocycles. The van der Waals surface area contributed by atoms with Gasteiger partial charge in [-0.1, -0.05) is 30.3 Å². The number of hydrogen-bond acceptors (Lipinski definition) is 6. The molecule has 0 unspecified atom stereocenters. The summed E-state index contributed by atoms with van der Waals surface area (Å²) in [6.07, 6.45) is -0.780. The van der Waals surface area contributed by atoms with Gasteiger partial charge in [-0.25, -0.2) is 4.79 Å². The van der Waals surface area contributed by atoms with Crippen LogP contribution in [0, 0.1) is 0 Å². The van der Waals surface area contributed by atoms with E-state index in [9.17, 15) is 14.4 Å². The molecular weight excluding hydrogens is 326 g/mol. The third-order valence-corrected chi connectivity index (χ3v) is 2.84. The number of esters is 2. The molecule has 0 N–H and O–H groups in total. The lowest BCUT2D eigenvalue weighted by molar-refractivity contribution is -0.149. The maximum absolute atomic E-state index is 12.2. The molecule has 138 valence electrons. The van der Waals surface area contributed by atoms with Gasteiger partial charge < -0.3 is 14.2 Å². The van der Waals surface area contributed by atoms with Crippen LogP contribution >= 0.6 is 0 Å². The normalized spacial score (nSPS) is 10.7. The molecule has 7 nitrogen and oxygen atoms in total. The summed E-state index contributed by atoms with van der Waals surface area (Å²) in [6, 6.07) is 9.15. The van der Waals surface area contributed by atoms with Crippen LogP contribution in [0.2, 0.25) is 0 Å². The minimum atomic E-state index is -0.780. The van der Waals surface area contributed by atoms with Crippen molar-refractivity contribution in [1.29, 1.82) is 0 Å². The molecule has 1 aromatic carbocycles. The fourth-order valence-corrected chi connectivity index (χ4v) is 1.81. The van der Waals surface area contributed by atoms with E-state index in [0.29, 0.717) is 0 Å². The van der Waals surface area contributed by atoms with Crippen molar-refractivity contribution in [3.8, 4) is 0 Å². The summed E-state index contributed by atoms with van der Waals surface area (Å²) in [5.74, 6) is -1.26. The van der Waals surface area contributed by atoms with Gasteiger partial charge in [-0.2, -0.15) is 0 Å². The van der Waals surface area contributed by atoms with E-state index in [4.69, 9.17) is 14.2 Å². The van der Waals surface area contributed by atoms with Gasteiger partial charge in [-0.05, 0) is 33.3 Å². The van der Waals surface area contributed by atoms with Crippen molar-refractivity contribution in [2.45, 2.75) is 39.9 Å². The fourth-order valence-electron chi connectivity index (χ4n) is 1.81. The maximum atomic E-state index is 12.2. The summed E-state index contributed by atoms with van der Waals surface area (Å²) < 4.78 is 15.2. The molecule has 25 heavy (non-hydrogen) atoms. The Bertz CT molecular complexity index is 579. The van der Waals surface area contributed by atoms with Crippen molar-refractivity contribution < 1.29 is 28.6 Å². The van der Waals surface area contributed by atoms with Crippen molar-refractivity contribution in [3.05, 3.63) is 35.9 Å². The van der Waals surface area contributed by atoms with Crippen LogP contribution in [0.15, 0.2) is 30.3 Å². The molecular formula is C18H25NO6. The molecule has 7 heteroatoms. The second-order valence-electron chi connectivity index (χ2n) is 6.29. The molecule has 0 aromatic heterocycles. The number of amides is 1. The van der Waals surface area contributed by atoms with E-state index in [1.165, 1.54) is 0 Å². The molecule has 1 aromatic rings. The van der Waals surface area contributed by atoms with Crippen LogP contribution in [0.25, 0.3) is 0 Å². The van der Waals surface area contributed by atoms with Crippen LogP contribution in [0.4, 0.5) is 4.79 Å². The lowest BCUT2D eigenvalue weighted by atomic mass is 10.2. The first-order chi connectivity index (χ1) is 11.7. The van der Waals surface area contributed by atoms with E-state index in [1.54, 1.807) is 27.7 Å². The highest BCUT2D eigenvalue weighted by Gasteiger charge is 2.26. The van der Waals surface area contributed by atoms with Gasteiger partial charge in [0, 0.05) is 0 Å². The molecule has 0 fully saturated rings. The molecule has 0 radical (unpaired) electrons. The number of nitrogens with zero attached hydrogens (tertiary/aromatic N) is 1. The smallest absolute Gasteiger partial charge is 0.411 e. The first-order valence-electron chi connectivity index (χ1n) is 8.04. The third kappa shape index (κ3) is 8.74. The van der Waals surface area contributed by atoms with Gasteiger partial charge in [-0.15, -0.1) is 0 Å². The zero-order valence-electron chi connectivity index (χ0n) is 15.1. The highest BCUT2D eigenvalue weighted by atomic mass is 16.6. The number of carbonyl (C=O) groups is 3. The second-order valence-corrected chi connectivity index (χ2v) is 6.29. The van der Waals surface area contributed by atoms with Crippen LogP contribution < -0.4 is 0 Å². The SMILES string of the molecule is CCOC(=O)CN(CC(=O)OCc1ccccc1)C(=O)OC(C)(C)C. The summed E-state index contributed by atoms with van der Waals surface area (Å²) in [5, 5.41) is 0. The predicted octanol–water partition coefficient (Wildman–Crippen LogP) is 2.53. The lowest BCUT2D eigenvalue weighted by Gasteiger charge is -2.26. The Hall–Kier alpha value is -2.57. The standard InChI is InChI=1S/C18H25NO6/c1-5-23-15(20)11-19(17(22)25-18(2,3)4)12-16(21)24-13-14-9-7-6-8-10-14/h6-10H,5,11-13H2,1-4H3. The lowest BCUT2D eigenvalue weighted by Crippen LogP contribution is -2.43. The minimum Gasteiger partial charge on any atom is -0.465 e. The average molecular weight is 351 g/mol. The van der Waals surface area contributed by atoms with E-state index < -0.39 is 30.2 Å². The summed E-state index contributed by atoms with van der Waals surface area (Å²) >= 11 is 0. The Labute approximate surface area is 147 Å². The van der Waals surface area contributed by atoms with Gasteiger partial charge in [0.2, 0.25) is 0 Å². The van der Waals surface area contributed by atoms with Crippen LogP contribution in [0.5, 0.6) is 0 Å². The number of rotatable bonds is 7. The van der Waals surface area contributed by atoms with Crippen molar-refractivity contribution in [3.63, 3.8) is 0 Å². The Kier molecular flexibility index (Phi) is 7.91. The number of benzene rings is 1. The summed E-state index contributed by atoms with van der Waals surface area (Å²) in [6.45, 7) is 6.22. The van der Waals surface area contributed by atoms with Crippen LogP contribution in [-0.4, -0.2) is 48.2 Å². The van der Waals surface area contributed by atoms with Gasteiger partial charge in [0.05, 0.1) is 6.61 Å². The molecule has 0 aliphatic carbocycles. The fraction of sp³-hybridized carbons (Fsp3) is 0.500. The highest BCUT2D eigenvalue weighted by Crippen LogP contribution is 2.10. The average Bonchev–Trinajstić information content (AvgIpc) is 2.52. The zero-order chi connectivity index (χ0) is 18.9. The molecule has 0 spiro atoms. The predicted molar refractivity (Wildman–Crippen MR) is 90.7 cm³/mol. The second kappa shape index (κ2) is 9.66. The summed E-state index contributed by atoms with van der Waals surface area (Å²) in [4.78, 5) is 36.8. The van der Waals surface area contributed by atoms with Crippen LogP contribution in [0.3, 0.4) is 0 Å². The monoisotopic (exact) mass is 351 g/mol. The van der Waals surface area contributed by atoms with E-state index in [1.807, 2.05) is 30.3 Å². The molecule has 0 atom stereocenters. The van der Waals surface area contributed by atoms with E-state index in [-0.39, 0.29) is 19.8 Å². The van der Waals surface area contributed by atoms with Gasteiger partial charge in [-0.3, -0.25) is 14.5 Å². The molecule has 1 amide bonds. The maximum Gasteiger partial charge on any atom is 0.411 e. The Morgan fingerprint density at radius 1 is 0.960 bits per heavy atom. The first-order valence-corrected chi connectivity index (χ1v) is 8.04. The highest BCUT2D eigenvalue weighted by molar-refractivity contribution is 5.82. The largest absolute Gasteiger partial charge is 0.465 e. The molecule has 0 saturated carbocycles. The zero-order valence-corrected chi connectivity index (χ0v) is 15.1. The number of ether oxygens (including phenoxy) is 3.